The van der Waals surface area contributed by atoms with Crippen molar-refractivity contribution < 1.29 is 10.2 Å². The van der Waals surface area contributed by atoms with Gasteiger partial charge in [-0.25, -0.2) is 0 Å². The molecule has 0 radical (unpaired) electrons. The highest BCUT2D eigenvalue weighted by molar-refractivity contribution is 4.80. The van der Waals surface area contributed by atoms with E-state index < -0.39 is 11.2 Å². The summed E-state index contributed by atoms with van der Waals surface area (Å²) in [7, 11) is 0. The first-order valence-corrected chi connectivity index (χ1v) is 4.80. The molecule has 0 aromatic rings. The summed E-state index contributed by atoms with van der Waals surface area (Å²) in [6, 6.07) is 0. The topological polar surface area (TPSA) is 52.5 Å². The summed E-state index contributed by atoms with van der Waals surface area (Å²) in [6.45, 7) is 10.2. The molecule has 80 valence electrons. The Morgan fingerprint density at radius 3 is 1.85 bits per heavy atom. The average molecular weight is 189 g/mol. The molecule has 1 unspecified atom stereocenters. The molecule has 0 rings (SSSR count). The molecule has 0 aliphatic heterocycles. The first-order valence-electron chi connectivity index (χ1n) is 4.80. The highest BCUT2D eigenvalue weighted by Crippen LogP contribution is 2.14. The van der Waals surface area contributed by atoms with Gasteiger partial charge in [-0.2, -0.15) is 0 Å². The lowest BCUT2D eigenvalue weighted by atomic mass is 9.92. The van der Waals surface area contributed by atoms with Gasteiger partial charge in [0.25, 0.3) is 0 Å². The third-order valence-electron chi connectivity index (χ3n) is 2.28. The van der Waals surface area contributed by atoms with Gasteiger partial charge in [-0.05, 0) is 26.7 Å². The van der Waals surface area contributed by atoms with Gasteiger partial charge in [0.1, 0.15) is 0 Å². The third-order valence-corrected chi connectivity index (χ3v) is 2.28. The highest BCUT2D eigenvalue weighted by Gasteiger charge is 2.25. The minimum Gasteiger partial charge on any atom is -0.389 e. The molecule has 0 spiro atoms. The largest absolute Gasteiger partial charge is 0.389 e. The normalized spacial score (nSPS) is 17.5. The monoisotopic (exact) mass is 189 g/mol. The number of aliphatic hydroxyl groups is 2. The first kappa shape index (κ1) is 12.9. The van der Waals surface area contributed by atoms with Gasteiger partial charge in [0.15, 0.2) is 0 Å². The van der Waals surface area contributed by atoms with Gasteiger partial charge in [0.05, 0.1) is 11.2 Å². The zero-order valence-electron chi connectivity index (χ0n) is 9.39. The van der Waals surface area contributed by atoms with Crippen LogP contribution in [0.15, 0.2) is 0 Å². The minimum atomic E-state index is -0.715. The van der Waals surface area contributed by atoms with Crippen molar-refractivity contribution in [3.63, 3.8) is 0 Å². The zero-order valence-corrected chi connectivity index (χ0v) is 9.39. The van der Waals surface area contributed by atoms with Gasteiger partial charge in [-0.3, -0.25) is 0 Å². The van der Waals surface area contributed by atoms with E-state index in [4.69, 9.17) is 0 Å². The molecule has 0 saturated heterocycles. The second-order valence-corrected chi connectivity index (χ2v) is 4.93. The smallest absolute Gasteiger partial charge is 0.0766 e. The fraction of sp³-hybridized carbons (Fsp3) is 1.00. The Hall–Kier alpha value is -0.120. The van der Waals surface area contributed by atoms with Gasteiger partial charge < -0.3 is 15.5 Å². The molecule has 0 saturated carbocycles. The molecular weight excluding hydrogens is 166 g/mol. The molecule has 0 aromatic carbocycles. The van der Waals surface area contributed by atoms with Crippen LogP contribution in [0.5, 0.6) is 0 Å². The second kappa shape index (κ2) is 4.40. The van der Waals surface area contributed by atoms with E-state index in [0.717, 1.165) is 0 Å². The van der Waals surface area contributed by atoms with Crippen molar-refractivity contribution in [3.8, 4) is 0 Å². The summed E-state index contributed by atoms with van der Waals surface area (Å²) in [5, 5.41) is 22.3. The fourth-order valence-corrected chi connectivity index (χ4v) is 0.826. The van der Waals surface area contributed by atoms with E-state index in [-0.39, 0.29) is 5.92 Å². The van der Waals surface area contributed by atoms with Crippen LogP contribution in [-0.4, -0.2) is 34.5 Å². The Morgan fingerprint density at radius 1 is 1.08 bits per heavy atom. The number of rotatable bonds is 5. The Bertz CT molecular complexity index is 147. The fourth-order valence-electron chi connectivity index (χ4n) is 0.826. The summed E-state index contributed by atoms with van der Waals surface area (Å²) >= 11 is 0. The van der Waals surface area contributed by atoms with Crippen LogP contribution < -0.4 is 5.32 Å². The van der Waals surface area contributed by atoms with E-state index in [1.165, 1.54) is 0 Å². The highest BCUT2D eigenvalue weighted by atomic mass is 16.3. The molecule has 0 fully saturated rings. The predicted octanol–water partition coefficient (Wildman–Crippen LogP) is 0.754. The summed E-state index contributed by atoms with van der Waals surface area (Å²) in [4.78, 5) is 0. The van der Waals surface area contributed by atoms with Crippen LogP contribution >= 0.6 is 0 Å². The van der Waals surface area contributed by atoms with Crippen molar-refractivity contribution in [2.45, 2.75) is 45.8 Å². The summed E-state index contributed by atoms with van der Waals surface area (Å²) in [5.74, 6) is 0.210. The lowest BCUT2D eigenvalue weighted by Crippen LogP contribution is -2.46. The van der Waals surface area contributed by atoms with Crippen molar-refractivity contribution in [3.05, 3.63) is 0 Å². The molecule has 0 aromatic heterocycles. The quantitative estimate of drug-likeness (QED) is 0.598. The molecule has 0 aliphatic carbocycles. The molecule has 3 N–H and O–H groups in total. The number of nitrogens with one attached hydrogen (secondary N) is 1. The van der Waals surface area contributed by atoms with E-state index in [1.54, 1.807) is 20.8 Å². The van der Waals surface area contributed by atoms with Crippen LogP contribution in [-0.2, 0) is 0 Å². The van der Waals surface area contributed by atoms with Crippen LogP contribution in [0.25, 0.3) is 0 Å². The Morgan fingerprint density at radius 2 is 1.54 bits per heavy atom. The maximum atomic E-state index is 9.84. The molecule has 1 atom stereocenters. The van der Waals surface area contributed by atoms with E-state index in [1.807, 2.05) is 13.8 Å². The van der Waals surface area contributed by atoms with Crippen LogP contribution in [0.4, 0.5) is 0 Å². The lowest BCUT2D eigenvalue weighted by Gasteiger charge is -2.29. The van der Waals surface area contributed by atoms with Gasteiger partial charge in [-0.15, -0.1) is 0 Å². The van der Waals surface area contributed by atoms with Crippen molar-refractivity contribution >= 4 is 0 Å². The predicted molar refractivity (Wildman–Crippen MR) is 54.6 cm³/mol. The van der Waals surface area contributed by atoms with Crippen molar-refractivity contribution in [2.24, 2.45) is 5.92 Å². The zero-order chi connectivity index (χ0) is 10.7. The summed E-state index contributed by atoms with van der Waals surface area (Å²) < 4.78 is 0. The first-order chi connectivity index (χ1) is 5.65. The van der Waals surface area contributed by atoms with Crippen LogP contribution in [0.1, 0.15) is 34.6 Å². The van der Waals surface area contributed by atoms with Crippen molar-refractivity contribution in [1.29, 1.82) is 0 Å². The van der Waals surface area contributed by atoms with Gasteiger partial charge >= 0.3 is 0 Å². The summed E-state index contributed by atoms with van der Waals surface area (Å²) in [6.07, 6.45) is 0. The Balaban J connectivity index is 3.77. The van der Waals surface area contributed by atoms with Gasteiger partial charge in [0.2, 0.25) is 0 Å². The molecule has 13 heavy (non-hydrogen) atoms. The molecule has 3 nitrogen and oxygen atoms in total. The molecular formula is C10H23NO2. The molecule has 0 heterocycles. The van der Waals surface area contributed by atoms with Crippen LogP contribution in [0.2, 0.25) is 0 Å². The molecule has 0 bridgehead atoms. The van der Waals surface area contributed by atoms with Gasteiger partial charge in [0, 0.05) is 13.1 Å². The lowest BCUT2D eigenvalue weighted by molar-refractivity contribution is 0.00643. The van der Waals surface area contributed by atoms with Crippen LogP contribution in [0, 0.1) is 5.92 Å². The standard InChI is InChI=1S/C10H23NO2/c1-8(2)10(5,13)7-11-6-9(3,4)12/h8,11-13H,6-7H2,1-5H3. The second-order valence-electron chi connectivity index (χ2n) is 4.93. The number of hydrogen-bond acceptors (Lipinski definition) is 3. The molecule has 0 amide bonds. The average Bonchev–Trinajstić information content (AvgIpc) is 1.82. The Labute approximate surface area is 81.2 Å². The van der Waals surface area contributed by atoms with Crippen molar-refractivity contribution in [2.75, 3.05) is 13.1 Å². The van der Waals surface area contributed by atoms with Crippen molar-refractivity contribution in [1.82, 2.24) is 5.32 Å². The van der Waals surface area contributed by atoms with Gasteiger partial charge in [-0.1, -0.05) is 13.8 Å². The maximum Gasteiger partial charge on any atom is 0.0766 e. The Kier molecular flexibility index (Phi) is 4.36. The maximum absolute atomic E-state index is 9.84. The van der Waals surface area contributed by atoms with Crippen LogP contribution in [0.3, 0.4) is 0 Å². The molecule has 3 heteroatoms. The summed E-state index contributed by atoms with van der Waals surface area (Å²) in [5.41, 5.74) is -1.42. The number of hydrogen-bond donors (Lipinski definition) is 3. The molecule has 0 aliphatic rings. The minimum absolute atomic E-state index is 0.210. The van der Waals surface area contributed by atoms with E-state index >= 15 is 0 Å². The van der Waals surface area contributed by atoms with E-state index in [9.17, 15) is 10.2 Å². The SMILES string of the molecule is CC(C)C(C)(O)CNCC(C)(C)O. The van der Waals surface area contributed by atoms with E-state index in [2.05, 4.69) is 5.32 Å². The third kappa shape index (κ3) is 6.02. The van der Waals surface area contributed by atoms with E-state index in [0.29, 0.717) is 13.1 Å².